The summed E-state index contributed by atoms with van der Waals surface area (Å²) in [5.74, 6) is 0.0393. The standard InChI is InChI=1S/C25H24N2O5/c1-16-8-10-17(11-9-16)25(30)19-6-4-5-7-20(19)27(24(25)29)15-23(28)26-18-12-13-21(31-2)22(14-18)32-3/h4-14,30H,15H2,1-3H3,(H,26,28)/t25-/m0/s1. The summed E-state index contributed by atoms with van der Waals surface area (Å²) in [4.78, 5) is 27.5. The van der Waals surface area contributed by atoms with E-state index in [-0.39, 0.29) is 6.54 Å². The van der Waals surface area contributed by atoms with Gasteiger partial charge in [0.05, 0.1) is 19.9 Å². The smallest absolute Gasteiger partial charge is 0.268 e. The fraction of sp³-hybridized carbons (Fsp3) is 0.200. The van der Waals surface area contributed by atoms with Gasteiger partial charge >= 0.3 is 0 Å². The Hall–Kier alpha value is -3.84. The van der Waals surface area contributed by atoms with E-state index >= 15 is 0 Å². The molecule has 32 heavy (non-hydrogen) atoms. The Balaban J connectivity index is 1.61. The quantitative estimate of drug-likeness (QED) is 0.624. The van der Waals surface area contributed by atoms with Crippen molar-refractivity contribution in [1.29, 1.82) is 0 Å². The van der Waals surface area contributed by atoms with E-state index in [0.29, 0.717) is 34.0 Å². The summed E-state index contributed by atoms with van der Waals surface area (Å²) in [5, 5.41) is 14.3. The molecule has 7 nitrogen and oxygen atoms in total. The van der Waals surface area contributed by atoms with Crippen LogP contribution in [-0.4, -0.2) is 37.7 Å². The van der Waals surface area contributed by atoms with Gasteiger partial charge in [-0.25, -0.2) is 0 Å². The Bertz CT molecular complexity index is 1180. The number of benzene rings is 3. The number of carbonyl (C=O) groups excluding carboxylic acids is 2. The molecular weight excluding hydrogens is 408 g/mol. The topological polar surface area (TPSA) is 88.1 Å². The van der Waals surface area contributed by atoms with Crippen LogP contribution in [0.2, 0.25) is 0 Å². The van der Waals surface area contributed by atoms with Crippen molar-refractivity contribution in [2.24, 2.45) is 0 Å². The van der Waals surface area contributed by atoms with E-state index in [0.717, 1.165) is 5.56 Å². The van der Waals surface area contributed by atoms with Crippen LogP contribution in [0.25, 0.3) is 0 Å². The van der Waals surface area contributed by atoms with Gasteiger partial charge in [-0.15, -0.1) is 0 Å². The maximum atomic E-state index is 13.4. The molecule has 1 aliphatic heterocycles. The van der Waals surface area contributed by atoms with Gasteiger partial charge in [0.25, 0.3) is 5.91 Å². The number of para-hydroxylation sites is 1. The van der Waals surface area contributed by atoms with Crippen LogP contribution < -0.4 is 19.7 Å². The lowest BCUT2D eigenvalue weighted by atomic mass is 9.87. The highest BCUT2D eigenvalue weighted by atomic mass is 16.5. The first-order valence-corrected chi connectivity index (χ1v) is 10.1. The monoisotopic (exact) mass is 432 g/mol. The molecule has 0 aliphatic carbocycles. The number of ether oxygens (including phenoxy) is 2. The van der Waals surface area contributed by atoms with Crippen molar-refractivity contribution < 1.29 is 24.2 Å². The maximum Gasteiger partial charge on any atom is 0.268 e. The van der Waals surface area contributed by atoms with E-state index < -0.39 is 17.4 Å². The van der Waals surface area contributed by atoms with Gasteiger partial charge in [0, 0.05) is 17.3 Å². The minimum atomic E-state index is -1.85. The molecule has 1 heterocycles. The zero-order valence-electron chi connectivity index (χ0n) is 18.1. The predicted molar refractivity (Wildman–Crippen MR) is 121 cm³/mol. The van der Waals surface area contributed by atoms with Crippen LogP contribution in [0.1, 0.15) is 16.7 Å². The largest absolute Gasteiger partial charge is 0.493 e. The number of anilines is 2. The van der Waals surface area contributed by atoms with Gasteiger partial charge in [-0.2, -0.15) is 0 Å². The number of nitrogens with zero attached hydrogens (tertiary/aromatic N) is 1. The average molecular weight is 432 g/mol. The van der Waals surface area contributed by atoms with Crippen LogP contribution >= 0.6 is 0 Å². The summed E-state index contributed by atoms with van der Waals surface area (Å²) in [6, 6.07) is 19.1. The van der Waals surface area contributed by atoms with Crippen LogP contribution in [0.15, 0.2) is 66.7 Å². The zero-order valence-corrected chi connectivity index (χ0v) is 18.1. The number of hydrogen-bond acceptors (Lipinski definition) is 5. The average Bonchev–Trinajstić information content (AvgIpc) is 3.02. The molecule has 4 rings (SSSR count). The third-order valence-electron chi connectivity index (χ3n) is 5.58. The second-order valence-electron chi connectivity index (χ2n) is 7.60. The van der Waals surface area contributed by atoms with Gasteiger partial charge in [0.15, 0.2) is 17.1 Å². The molecule has 0 saturated heterocycles. The Morgan fingerprint density at radius 2 is 1.69 bits per heavy atom. The summed E-state index contributed by atoms with van der Waals surface area (Å²) in [6.07, 6.45) is 0. The summed E-state index contributed by atoms with van der Waals surface area (Å²) in [5.41, 5.74) is 1.08. The highest BCUT2D eigenvalue weighted by molar-refractivity contribution is 6.12. The van der Waals surface area contributed by atoms with Gasteiger partial charge in [0.1, 0.15) is 6.54 Å². The number of rotatable bonds is 6. The molecule has 0 fully saturated rings. The molecule has 164 valence electrons. The van der Waals surface area contributed by atoms with Crippen molar-refractivity contribution >= 4 is 23.2 Å². The number of aliphatic hydroxyl groups is 1. The lowest BCUT2D eigenvalue weighted by Crippen LogP contribution is -2.44. The number of methoxy groups -OCH3 is 2. The predicted octanol–water partition coefficient (Wildman–Crippen LogP) is 3.23. The van der Waals surface area contributed by atoms with Gasteiger partial charge in [0.2, 0.25) is 5.91 Å². The molecule has 1 aliphatic rings. The van der Waals surface area contributed by atoms with E-state index in [1.54, 1.807) is 54.6 Å². The molecule has 2 N–H and O–H groups in total. The van der Waals surface area contributed by atoms with E-state index in [9.17, 15) is 14.7 Å². The molecule has 2 amide bonds. The van der Waals surface area contributed by atoms with Gasteiger partial charge < -0.3 is 19.9 Å². The Morgan fingerprint density at radius 1 is 1.00 bits per heavy atom. The normalized spacial score (nSPS) is 17.1. The van der Waals surface area contributed by atoms with E-state index in [4.69, 9.17) is 9.47 Å². The van der Waals surface area contributed by atoms with Crippen LogP contribution in [-0.2, 0) is 15.2 Å². The molecule has 0 spiro atoms. The minimum Gasteiger partial charge on any atom is -0.493 e. The van der Waals surface area contributed by atoms with E-state index in [1.165, 1.54) is 19.1 Å². The SMILES string of the molecule is COc1ccc(NC(=O)CN2C(=O)[C@](O)(c3ccc(C)cc3)c3ccccc32)cc1OC. The van der Waals surface area contributed by atoms with Crippen molar-refractivity contribution in [3.05, 3.63) is 83.4 Å². The first-order chi connectivity index (χ1) is 15.4. The molecule has 0 radical (unpaired) electrons. The van der Waals surface area contributed by atoms with Gasteiger partial charge in [-0.3, -0.25) is 14.5 Å². The Morgan fingerprint density at radius 3 is 2.38 bits per heavy atom. The number of hydrogen-bond donors (Lipinski definition) is 2. The highest BCUT2D eigenvalue weighted by Crippen LogP contribution is 2.44. The Labute approximate surface area is 186 Å². The van der Waals surface area contributed by atoms with Crippen LogP contribution in [0.5, 0.6) is 11.5 Å². The number of amides is 2. The first kappa shape index (κ1) is 21.4. The lowest BCUT2D eigenvalue weighted by molar-refractivity contribution is -0.133. The summed E-state index contributed by atoms with van der Waals surface area (Å²) < 4.78 is 10.5. The Kier molecular flexibility index (Phi) is 5.59. The second-order valence-corrected chi connectivity index (χ2v) is 7.60. The summed E-state index contributed by atoms with van der Waals surface area (Å²) in [6.45, 7) is 1.68. The van der Waals surface area contributed by atoms with Crippen molar-refractivity contribution in [3.63, 3.8) is 0 Å². The van der Waals surface area contributed by atoms with Crippen LogP contribution in [0.4, 0.5) is 11.4 Å². The molecule has 7 heteroatoms. The minimum absolute atomic E-state index is 0.252. The molecule has 0 unspecified atom stereocenters. The lowest BCUT2D eigenvalue weighted by Gasteiger charge is -2.23. The summed E-state index contributed by atoms with van der Waals surface area (Å²) >= 11 is 0. The maximum absolute atomic E-state index is 13.4. The summed E-state index contributed by atoms with van der Waals surface area (Å²) in [7, 11) is 3.04. The zero-order chi connectivity index (χ0) is 22.9. The molecule has 3 aromatic carbocycles. The molecule has 0 aromatic heterocycles. The van der Waals surface area contributed by atoms with Crippen LogP contribution in [0.3, 0.4) is 0 Å². The van der Waals surface area contributed by atoms with Crippen molar-refractivity contribution in [2.45, 2.75) is 12.5 Å². The van der Waals surface area contributed by atoms with Gasteiger partial charge in [-0.05, 0) is 30.7 Å². The van der Waals surface area contributed by atoms with E-state index in [1.807, 2.05) is 19.1 Å². The highest BCUT2D eigenvalue weighted by Gasteiger charge is 2.51. The molecule has 0 saturated carbocycles. The van der Waals surface area contributed by atoms with E-state index in [2.05, 4.69) is 5.32 Å². The number of nitrogens with one attached hydrogen (secondary N) is 1. The molecule has 1 atom stereocenters. The number of carbonyl (C=O) groups is 2. The molecule has 0 bridgehead atoms. The third kappa shape index (κ3) is 3.56. The first-order valence-electron chi connectivity index (χ1n) is 10.1. The van der Waals surface area contributed by atoms with Crippen molar-refractivity contribution in [2.75, 3.05) is 31.0 Å². The number of aryl methyl sites for hydroxylation is 1. The molecular formula is C25H24N2O5. The third-order valence-corrected chi connectivity index (χ3v) is 5.58. The fourth-order valence-corrected chi connectivity index (χ4v) is 3.92. The van der Waals surface area contributed by atoms with Gasteiger partial charge in [-0.1, -0.05) is 48.0 Å². The van der Waals surface area contributed by atoms with Crippen LogP contribution in [0, 0.1) is 6.92 Å². The van der Waals surface area contributed by atoms with Crippen molar-refractivity contribution in [1.82, 2.24) is 0 Å². The number of fused-ring (bicyclic) bond motifs is 1. The second kappa shape index (κ2) is 8.36. The van der Waals surface area contributed by atoms with Crippen molar-refractivity contribution in [3.8, 4) is 11.5 Å². The molecule has 3 aromatic rings. The fourth-order valence-electron chi connectivity index (χ4n) is 3.92.